The van der Waals surface area contributed by atoms with E-state index in [0.717, 1.165) is 12.0 Å². The zero-order valence-corrected chi connectivity index (χ0v) is 18.3. The number of hydrogen-bond acceptors (Lipinski definition) is 7. The highest BCUT2D eigenvalue weighted by Gasteiger charge is 2.42. The molecule has 2 aliphatic heterocycles. The first-order valence-electron chi connectivity index (χ1n) is 10.4. The molecular formula is C23H34O7. The van der Waals surface area contributed by atoms with Crippen molar-refractivity contribution in [3.05, 3.63) is 35.5 Å². The number of allylic oxidation sites excluding steroid dienone is 3. The Bertz CT molecular complexity index is 719. The van der Waals surface area contributed by atoms with E-state index in [2.05, 4.69) is 6.08 Å². The molecule has 0 aliphatic carbocycles. The van der Waals surface area contributed by atoms with Crippen molar-refractivity contribution in [2.75, 3.05) is 7.11 Å². The number of carbonyl (C=O) groups is 2. The molecule has 0 saturated carbocycles. The van der Waals surface area contributed by atoms with Crippen molar-refractivity contribution in [2.24, 2.45) is 0 Å². The van der Waals surface area contributed by atoms with Crippen LogP contribution >= 0.6 is 0 Å². The molecule has 1 saturated heterocycles. The standard InChI is InChI=1S/C23H34O7/c1-16(7-5-9-17-15-20(28-4)29-21(17)26)8-6-12-22(2,27)13-10-18(24)23(3)14-11-19(25)30-23/h6-7,12,15,18,20,24,27H,5,8-11,13-14H2,1-4H3/b12-6+,16-7+/t18-,20?,22-,23+/m1/s1. The second-order valence-corrected chi connectivity index (χ2v) is 8.60. The molecule has 4 atom stereocenters. The predicted molar refractivity (Wildman–Crippen MR) is 111 cm³/mol. The van der Waals surface area contributed by atoms with E-state index in [1.54, 1.807) is 26.0 Å². The first kappa shape index (κ1) is 24.3. The monoisotopic (exact) mass is 422 g/mol. The van der Waals surface area contributed by atoms with Crippen LogP contribution in [0.3, 0.4) is 0 Å². The predicted octanol–water partition coefficient (Wildman–Crippen LogP) is 3.10. The highest BCUT2D eigenvalue weighted by molar-refractivity contribution is 5.90. The van der Waals surface area contributed by atoms with Gasteiger partial charge in [0.05, 0.1) is 11.7 Å². The van der Waals surface area contributed by atoms with E-state index in [1.165, 1.54) is 7.11 Å². The fraction of sp³-hybridized carbons (Fsp3) is 0.652. The summed E-state index contributed by atoms with van der Waals surface area (Å²) in [5.41, 5.74) is -0.165. The van der Waals surface area contributed by atoms with Crippen LogP contribution in [0.25, 0.3) is 0 Å². The van der Waals surface area contributed by atoms with Crippen molar-refractivity contribution >= 4 is 11.9 Å². The minimum Gasteiger partial charge on any atom is -0.457 e. The molecule has 2 N–H and O–H groups in total. The summed E-state index contributed by atoms with van der Waals surface area (Å²) in [4.78, 5) is 23.0. The number of ether oxygens (including phenoxy) is 3. The zero-order valence-electron chi connectivity index (χ0n) is 18.3. The molecule has 2 aliphatic rings. The van der Waals surface area contributed by atoms with E-state index in [0.29, 0.717) is 44.1 Å². The molecule has 1 fully saturated rings. The molecule has 30 heavy (non-hydrogen) atoms. The van der Waals surface area contributed by atoms with Crippen LogP contribution in [-0.4, -0.2) is 52.9 Å². The van der Waals surface area contributed by atoms with E-state index >= 15 is 0 Å². The third-order valence-corrected chi connectivity index (χ3v) is 5.68. The van der Waals surface area contributed by atoms with E-state index in [4.69, 9.17) is 14.2 Å². The molecule has 7 heteroatoms. The van der Waals surface area contributed by atoms with Crippen molar-refractivity contribution in [3.8, 4) is 0 Å². The van der Waals surface area contributed by atoms with Crippen molar-refractivity contribution in [3.63, 3.8) is 0 Å². The minimum atomic E-state index is -1.06. The fourth-order valence-corrected chi connectivity index (χ4v) is 3.57. The lowest BCUT2D eigenvalue weighted by Gasteiger charge is -2.30. The van der Waals surface area contributed by atoms with E-state index in [1.807, 2.05) is 13.0 Å². The average Bonchev–Trinajstić information content (AvgIpc) is 3.22. The van der Waals surface area contributed by atoms with Gasteiger partial charge in [0, 0.05) is 19.1 Å². The molecule has 0 aromatic carbocycles. The van der Waals surface area contributed by atoms with Gasteiger partial charge in [0.25, 0.3) is 0 Å². The molecule has 2 rings (SSSR count). The van der Waals surface area contributed by atoms with Gasteiger partial charge < -0.3 is 24.4 Å². The topological polar surface area (TPSA) is 102 Å². The molecule has 0 bridgehead atoms. The molecule has 0 spiro atoms. The van der Waals surface area contributed by atoms with E-state index in [9.17, 15) is 19.8 Å². The summed E-state index contributed by atoms with van der Waals surface area (Å²) >= 11 is 0. The zero-order chi connectivity index (χ0) is 22.4. The van der Waals surface area contributed by atoms with Crippen LogP contribution in [0.2, 0.25) is 0 Å². The summed E-state index contributed by atoms with van der Waals surface area (Å²) in [6.45, 7) is 5.43. The molecule has 0 aromatic heterocycles. The van der Waals surface area contributed by atoms with Gasteiger partial charge in [-0.15, -0.1) is 0 Å². The van der Waals surface area contributed by atoms with Crippen LogP contribution in [0.5, 0.6) is 0 Å². The van der Waals surface area contributed by atoms with E-state index < -0.39 is 23.6 Å². The number of hydrogen-bond donors (Lipinski definition) is 2. The van der Waals surface area contributed by atoms with Crippen molar-refractivity contribution in [1.29, 1.82) is 0 Å². The van der Waals surface area contributed by atoms with Gasteiger partial charge in [-0.25, -0.2) is 4.79 Å². The third-order valence-electron chi connectivity index (χ3n) is 5.68. The quantitative estimate of drug-likeness (QED) is 0.390. The maximum Gasteiger partial charge on any atom is 0.336 e. The Morgan fingerprint density at radius 1 is 1.47 bits per heavy atom. The molecule has 0 radical (unpaired) electrons. The fourth-order valence-electron chi connectivity index (χ4n) is 3.57. The number of carbonyl (C=O) groups excluding carboxylic acids is 2. The highest BCUT2D eigenvalue weighted by atomic mass is 16.7. The molecule has 0 amide bonds. The van der Waals surface area contributed by atoms with Gasteiger partial charge in [0.15, 0.2) is 0 Å². The second kappa shape index (κ2) is 10.4. The summed E-state index contributed by atoms with van der Waals surface area (Å²) in [6, 6.07) is 0. The van der Waals surface area contributed by atoms with E-state index in [-0.39, 0.29) is 11.9 Å². The Kier molecular flexibility index (Phi) is 8.41. The van der Waals surface area contributed by atoms with Crippen LogP contribution in [0.1, 0.15) is 65.7 Å². The average molecular weight is 423 g/mol. The van der Waals surface area contributed by atoms with Gasteiger partial charge in [0.1, 0.15) is 5.60 Å². The van der Waals surface area contributed by atoms with Gasteiger partial charge in [-0.1, -0.05) is 23.8 Å². The largest absolute Gasteiger partial charge is 0.457 e. The molecular weight excluding hydrogens is 388 g/mol. The molecule has 2 heterocycles. The van der Waals surface area contributed by atoms with Gasteiger partial charge in [0.2, 0.25) is 6.29 Å². The van der Waals surface area contributed by atoms with Gasteiger partial charge in [-0.3, -0.25) is 4.79 Å². The normalized spacial score (nSPS) is 27.7. The summed E-state index contributed by atoms with van der Waals surface area (Å²) < 4.78 is 15.2. The highest BCUT2D eigenvalue weighted by Crippen LogP contribution is 2.32. The van der Waals surface area contributed by atoms with Crippen LogP contribution in [0.4, 0.5) is 0 Å². The number of methoxy groups -OCH3 is 1. The molecule has 7 nitrogen and oxygen atoms in total. The third kappa shape index (κ3) is 7.07. The number of esters is 2. The molecule has 1 unspecified atom stereocenters. The first-order valence-corrected chi connectivity index (χ1v) is 10.4. The van der Waals surface area contributed by atoms with Gasteiger partial charge in [-0.2, -0.15) is 0 Å². The Hall–Kier alpha value is -1.96. The lowest BCUT2D eigenvalue weighted by molar-refractivity contribution is -0.157. The summed E-state index contributed by atoms with van der Waals surface area (Å²) in [6.07, 6.45) is 9.52. The van der Waals surface area contributed by atoms with Crippen molar-refractivity contribution in [1.82, 2.24) is 0 Å². The lowest BCUT2D eigenvalue weighted by atomic mass is 9.88. The smallest absolute Gasteiger partial charge is 0.336 e. The van der Waals surface area contributed by atoms with Gasteiger partial charge >= 0.3 is 11.9 Å². The van der Waals surface area contributed by atoms with Crippen LogP contribution in [0.15, 0.2) is 35.5 Å². The van der Waals surface area contributed by atoms with Crippen LogP contribution in [0, 0.1) is 0 Å². The number of aliphatic hydroxyl groups is 2. The maximum absolute atomic E-state index is 11.7. The summed E-state index contributed by atoms with van der Waals surface area (Å²) in [5, 5.41) is 20.9. The first-order chi connectivity index (χ1) is 14.0. The number of aliphatic hydroxyl groups excluding tert-OH is 1. The summed E-state index contributed by atoms with van der Waals surface area (Å²) in [5.74, 6) is -0.614. The molecule has 0 aromatic rings. The van der Waals surface area contributed by atoms with Crippen LogP contribution < -0.4 is 0 Å². The Morgan fingerprint density at radius 2 is 2.20 bits per heavy atom. The lowest BCUT2D eigenvalue weighted by Crippen LogP contribution is -2.40. The molecule has 168 valence electrons. The minimum absolute atomic E-state index is 0.287. The van der Waals surface area contributed by atoms with Gasteiger partial charge in [-0.05, 0) is 65.4 Å². The number of cyclic esters (lactones) is 2. The maximum atomic E-state index is 11.7. The van der Waals surface area contributed by atoms with Crippen LogP contribution in [-0.2, 0) is 23.8 Å². The van der Waals surface area contributed by atoms with Crippen molar-refractivity contribution in [2.45, 2.75) is 89.3 Å². The SMILES string of the molecule is COC1C=C(CC/C=C(\C)C/C=C/[C@@](C)(O)CC[C@@H](O)[C@]2(C)CCC(=O)O2)C(=O)O1. The summed E-state index contributed by atoms with van der Waals surface area (Å²) in [7, 11) is 1.49. The number of rotatable bonds is 11. The Balaban J connectivity index is 1.74. The Morgan fingerprint density at radius 3 is 2.80 bits per heavy atom. The van der Waals surface area contributed by atoms with Crippen molar-refractivity contribution < 1.29 is 34.0 Å². The second-order valence-electron chi connectivity index (χ2n) is 8.60. The Labute approximate surface area is 178 Å².